The Morgan fingerprint density at radius 2 is 1.87 bits per heavy atom. The second-order valence-corrected chi connectivity index (χ2v) is 12.2. The third-order valence-corrected chi connectivity index (χ3v) is 9.35. The van der Waals surface area contributed by atoms with Gasteiger partial charge in [0.2, 0.25) is 0 Å². The number of carbonyl (C=O) groups excluding carboxylic acids is 2. The Balaban J connectivity index is 1.47. The summed E-state index contributed by atoms with van der Waals surface area (Å²) < 4.78 is 20.7. The van der Waals surface area contributed by atoms with Gasteiger partial charge in [-0.25, -0.2) is 4.39 Å². The number of morpholine rings is 1. The molecule has 0 radical (unpaired) electrons. The quantitative estimate of drug-likeness (QED) is 0.474. The monoisotopic (exact) mass is 549 g/mol. The van der Waals surface area contributed by atoms with Crippen molar-refractivity contribution in [3.05, 3.63) is 58.3 Å². The number of ketones is 1. The average Bonchev–Trinajstić information content (AvgIpc) is 3.61. The molecule has 1 amide bonds. The van der Waals surface area contributed by atoms with Crippen LogP contribution in [0.5, 0.6) is 0 Å². The molecule has 6 rings (SSSR count). The lowest BCUT2D eigenvalue weighted by molar-refractivity contribution is 0.0330. The van der Waals surface area contributed by atoms with E-state index in [1.54, 1.807) is 23.2 Å². The SMILES string of the molecule is CC1(C)CC(=O)c2sc(N3CCOCC3)c(-c3ccnc(-c4cc(C(=O)N5CCCC5)ccc4F)c3)c2[C@H]1O. The van der Waals surface area contributed by atoms with Gasteiger partial charge in [0.05, 0.1) is 29.9 Å². The molecule has 7 nitrogen and oxygen atoms in total. The lowest BCUT2D eigenvalue weighted by atomic mass is 9.72. The molecule has 1 N–H and O–H groups in total. The van der Waals surface area contributed by atoms with Gasteiger partial charge in [-0.3, -0.25) is 14.6 Å². The maximum atomic E-state index is 15.2. The number of halogens is 1. The standard InChI is InChI=1S/C30H32FN3O4S/c1-30(2)17-23(35)26-25(27(30)36)24(29(39-26)34-11-13-38-14-12-34)18-7-8-32-22(16-18)20-15-19(5-6-21(20)31)28(37)33-9-3-4-10-33/h5-8,15-16,27,36H,3-4,9-14,17H2,1-2H3/t27-/m1/s1. The zero-order valence-corrected chi connectivity index (χ0v) is 23.0. The number of aliphatic hydroxyl groups is 1. The predicted octanol–water partition coefficient (Wildman–Crippen LogP) is 5.33. The molecule has 9 heteroatoms. The maximum absolute atomic E-state index is 15.2. The van der Waals surface area contributed by atoms with Crippen molar-refractivity contribution in [3.8, 4) is 22.4 Å². The van der Waals surface area contributed by atoms with Crippen molar-refractivity contribution in [3.63, 3.8) is 0 Å². The molecule has 3 aliphatic rings. The maximum Gasteiger partial charge on any atom is 0.253 e. The summed E-state index contributed by atoms with van der Waals surface area (Å²) in [5, 5.41) is 12.4. The summed E-state index contributed by atoms with van der Waals surface area (Å²) in [7, 11) is 0. The van der Waals surface area contributed by atoms with Crippen LogP contribution in [0, 0.1) is 11.2 Å². The van der Waals surface area contributed by atoms with Gasteiger partial charge < -0.3 is 19.6 Å². The van der Waals surface area contributed by atoms with Crippen LogP contribution in [0.15, 0.2) is 36.5 Å². The molecular formula is C30H32FN3O4S. The molecule has 204 valence electrons. The van der Waals surface area contributed by atoms with E-state index in [1.165, 1.54) is 23.5 Å². The second-order valence-electron chi connectivity index (χ2n) is 11.2. The van der Waals surface area contributed by atoms with Gasteiger partial charge in [-0.15, -0.1) is 11.3 Å². The van der Waals surface area contributed by atoms with Gasteiger partial charge in [0.25, 0.3) is 5.91 Å². The van der Waals surface area contributed by atoms with E-state index < -0.39 is 17.3 Å². The zero-order chi connectivity index (χ0) is 27.3. The number of thiophene rings is 1. The number of hydrogen-bond acceptors (Lipinski definition) is 7. The molecule has 0 unspecified atom stereocenters. The van der Waals surface area contributed by atoms with Gasteiger partial charge >= 0.3 is 0 Å². The highest BCUT2D eigenvalue weighted by atomic mass is 32.1. The number of aromatic nitrogens is 1. The number of nitrogens with zero attached hydrogens (tertiary/aromatic N) is 3. The Bertz CT molecular complexity index is 1440. The molecular weight excluding hydrogens is 517 g/mol. The Hall–Kier alpha value is -3.14. The van der Waals surface area contributed by atoms with Crippen LogP contribution in [0.3, 0.4) is 0 Å². The normalized spacial score (nSPS) is 20.8. The van der Waals surface area contributed by atoms with Crippen LogP contribution in [0.1, 0.15) is 64.8 Å². The number of likely N-dealkylation sites (tertiary alicyclic amines) is 1. The molecule has 2 fully saturated rings. The highest BCUT2D eigenvalue weighted by Crippen LogP contribution is 2.54. The van der Waals surface area contributed by atoms with Crippen LogP contribution in [0.25, 0.3) is 22.4 Å². The molecule has 39 heavy (non-hydrogen) atoms. The first-order valence-electron chi connectivity index (χ1n) is 13.5. The third kappa shape index (κ3) is 4.66. The van der Waals surface area contributed by atoms with Gasteiger partial charge in [-0.1, -0.05) is 13.8 Å². The molecule has 1 aromatic carbocycles. The smallest absolute Gasteiger partial charge is 0.253 e. The van der Waals surface area contributed by atoms with Gasteiger partial charge in [-0.05, 0) is 48.7 Å². The van der Waals surface area contributed by atoms with Crippen LogP contribution in [0.2, 0.25) is 0 Å². The van der Waals surface area contributed by atoms with Crippen molar-refractivity contribution >= 4 is 28.0 Å². The first-order valence-corrected chi connectivity index (χ1v) is 14.3. The number of carbonyl (C=O) groups is 2. The molecule has 1 atom stereocenters. The van der Waals surface area contributed by atoms with E-state index in [2.05, 4.69) is 9.88 Å². The Labute approximate surface area is 231 Å². The van der Waals surface area contributed by atoms with Crippen LogP contribution in [-0.2, 0) is 4.74 Å². The molecule has 2 aliphatic heterocycles. The topological polar surface area (TPSA) is 83.0 Å². The lowest BCUT2D eigenvalue weighted by Crippen LogP contribution is -2.36. The highest BCUT2D eigenvalue weighted by molar-refractivity contribution is 7.19. The number of fused-ring (bicyclic) bond motifs is 1. The number of amides is 1. The number of Topliss-reactive ketones (excluding diaryl/α,β-unsaturated/α-hetero) is 1. The van der Waals surface area contributed by atoms with E-state index in [0.717, 1.165) is 29.0 Å². The first-order chi connectivity index (χ1) is 18.7. The number of benzene rings is 1. The van der Waals surface area contributed by atoms with Crippen molar-refractivity contribution < 1.29 is 23.8 Å². The van der Waals surface area contributed by atoms with E-state index in [0.29, 0.717) is 61.1 Å². The minimum atomic E-state index is -0.832. The largest absolute Gasteiger partial charge is 0.388 e. The van der Waals surface area contributed by atoms with Crippen LogP contribution in [-0.4, -0.2) is 66.1 Å². The average molecular weight is 550 g/mol. The molecule has 0 spiro atoms. The molecule has 4 heterocycles. The summed E-state index contributed by atoms with van der Waals surface area (Å²) in [6, 6.07) is 8.07. The lowest BCUT2D eigenvalue weighted by Gasteiger charge is -2.35. The molecule has 0 saturated carbocycles. The summed E-state index contributed by atoms with van der Waals surface area (Å²) in [5.74, 6) is -0.537. The van der Waals surface area contributed by atoms with Gasteiger partial charge in [0.15, 0.2) is 5.78 Å². The number of aliphatic hydroxyl groups excluding tert-OH is 1. The Morgan fingerprint density at radius 3 is 2.62 bits per heavy atom. The van der Waals surface area contributed by atoms with Crippen molar-refractivity contribution in [2.45, 2.75) is 39.2 Å². The van der Waals surface area contributed by atoms with E-state index in [-0.39, 0.29) is 23.7 Å². The summed E-state index contributed by atoms with van der Waals surface area (Å²) in [6.07, 6.45) is 3.01. The zero-order valence-electron chi connectivity index (χ0n) is 22.2. The van der Waals surface area contributed by atoms with Crippen molar-refractivity contribution in [2.24, 2.45) is 5.41 Å². The Kier molecular flexibility index (Phi) is 6.77. The summed E-state index contributed by atoms with van der Waals surface area (Å²) in [5.41, 5.74) is 2.64. The van der Waals surface area contributed by atoms with Crippen LogP contribution in [0.4, 0.5) is 9.39 Å². The molecule has 2 saturated heterocycles. The molecule has 2 aromatic heterocycles. The molecule has 1 aliphatic carbocycles. The highest BCUT2D eigenvalue weighted by Gasteiger charge is 2.43. The summed E-state index contributed by atoms with van der Waals surface area (Å²) >= 11 is 1.42. The first kappa shape index (κ1) is 26.1. The second kappa shape index (κ2) is 10.1. The van der Waals surface area contributed by atoms with E-state index >= 15 is 4.39 Å². The molecule has 0 bridgehead atoms. The summed E-state index contributed by atoms with van der Waals surface area (Å²) in [4.78, 5) is 35.3. The fourth-order valence-corrected chi connectivity index (χ4v) is 7.18. The number of pyridine rings is 1. The van der Waals surface area contributed by atoms with Gasteiger partial charge in [-0.2, -0.15) is 0 Å². The third-order valence-electron chi connectivity index (χ3n) is 8.04. The minimum absolute atomic E-state index is 0.0273. The Morgan fingerprint density at radius 1 is 1.13 bits per heavy atom. The van der Waals surface area contributed by atoms with Crippen molar-refractivity contribution in [1.82, 2.24) is 9.88 Å². The molecule has 3 aromatic rings. The van der Waals surface area contributed by atoms with Crippen molar-refractivity contribution in [2.75, 3.05) is 44.3 Å². The fraction of sp³-hybridized carbons (Fsp3) is 0.433. The van der Waals surface area contributed by atoms with Crippen molar-refractivity contribution in [1.29, 1.82) is 0 Å². The van der Waals surface area contributed by atoms with Crippen LogP contribution >= 0.6 is 11.3 Å². The van der Waals surface area contributed by atoms with Gasteiger partial charge in [0.1, 0.15) is 10.8 Å². The predicted molar refractivity (Wildman–Crippen MR) is 149 cm³/mol. The van der Waals surface area contributed by atoms with E-state index in [4.69, 9.17) is 4.74 Å². The number of anilines is 1. The number of ether oxygens (including phenoxy) is 1. The summed E-state index contributed by atoms with van der Waals surface area (Å²) in [6.45, 7) is 7.74. The number of hydrogen-bond donors (Lipinski definition) is 1. The van der Waals surface area contributed by atoms with Gasteiger partial charge in [0, 0.05) is 66.5 Å². The van der Waals surface area contributed by atoms with E-state index in [9.17, 15) is 14.7 Å². The minimum Gasteiger partial charge on any atom is -0.388 e. The fourth-order valence-electron chi connectivity index (χ4n) is 5.84. The number of rotatable bonds is 4. The van der Waals surface area contributed by atoms with Crippen LogP contribution < -0.4 is 4.90 Å². The van der Waals surface area contributed by atoms with E-state index in [1.807, 2.05) is 19.9 Å².